The van der Waals surface area contributed by atoms with Crippen LogP contribution in [0.4, 0.5) is 13.2 Å². The molecule has 0 saturated heterocycles. The Morgan fingerprint density at radius 3 is 2.19 bits per heavy atom. The third-order valence-corrected chi connectivity index (χ3v) is 4.52. The van der Waals surface area contributed by atoms with Gasteiger partial charge in [-0.1, -0.05) is 32.0 Å². The number of hydrogen-bond donors (Lipinski definition) is 0. The highest BCUT2D eigenvalue weighted by molar-refractivity contribution is 6.44. The summed E-state index contributed by atoms with van der Waals surface area (Å²) in [4.78, 5) is 0. The van der Waals surface area contributed by atoms with E-state index in [0.717, 1.165) is 18.9 Å². The third kappa shape index (κ3) is 7.11. The number of alkyl halides is 3. The Bertz CT molecular complexity index is 402. The molecule has 0 amide bonds. The molecule has 119 valence electrons. The van der Waals surface area contributed by atoms with E-state index in [1.165, 1.54) is 12.1 Å². The van der Waals surface area contributed by atoms with Crippen molar-refractivity contribution in [2.24, 2.45) is 0 Å². The summed E-state index contributed by atoms with van der Waals surface area (Å²) in [5, 5.41) is 0. The second kappa shape index (κ2) is 9.22. The van der Waals surface area contributed by atoms with Gasteiger partial charge in [-0.3, -0.25) is 0 Å². The van der Waals surface area contributed by atoms with Gasteiger partial charge >= 0.3 is 15.5 Å². The van der Waals surface area contributed by atoms with Crippen molar-refractivity contribution in [3.63, 3.8) is 0 Å². The van der Waals surface area contributed by atoms with E-state index in [2.05, 4.69) is 0 Å². The second-order valence-corrected chi connectivity index (χ2v) is 6.59. The highest BCUT2D eigenvalue weighted by Crippen LogP contribution is 2.29. The van der Waals surface area contributed by atoms with Gasteiger partial charge in [-0.05, 0) is 36.9 Å². The van der Waals surface area contributed by atoms with Gasteiger partial charge in [-0.2, -0.15) is 13.2 Å². The normalized spacial score (nSPS) is 12.1. The summed E-state index contributed by atoms with van der Waals surface area (Å²) in [5.74, 6) is 0. The Kier molecular flexibility index (Phi) is 7.99. The van der Waals surface area contributed by atoms with Gasteiger partial charge in [0.15, 0.2) is 0 Å². The van der Waals surface area contributed by atoms with Crippen LogP contribution in [0, 0.1) is 0 Å². The van der Waals surface area contributed by atoms with Crippen LogP contribution in [0.2, 0.25) is 6.04 Å². The van der Waals surface area contributed by atoms with Crippen LogP contribution >= 0.6 is 0 Å². The van der Waals surface area contributed by atoms with E-state index in [1.54, 1.807) is 6.07 Å². The minimum absolute atomic E-state index is 0.547. The monoisotopic (exact) mass is 319 g/mol. The van der Waals surface area contributed by atoms with Crippen molar-refractivity contribution in [1.29, 1.82) is 0 Å². The fourth-order valence-electron chi connectivity index (χ4n) is 1.77. The lowest BCUT2D eigenvalue weighted by molar-refractivity contribution is -0.137. The third-order valence-electron chi connectivity index (χ3n) is 2.81. The summed E-state index contributed by atoms with van der Waals surface area (Å²) in [6, 6.07) is 6.13. The zero-order chi connectivity index (χ0) is 15.7. The number of aryl methyl sites for hydroxylation is 1. The molecule has 21 heavy (non-hydrogen) atoms. The molecule has 2 nitrogen and oxygen atoms in total. The zero-order valence-corrected chi connectivity index (χ0v) is 13.5. The molecular formula is C15H22F3O2Si. The van der Waals surface area contributed by atoms with Gasteiger partial charge in [0.05, 0.1) is 5.56 Å². The van der Waals surface area contributed by atoms with E-state index in [9.17, 15) is 13.2 Å². The van der Waals surface area contributed by atoms with Crippen molar-refractivity contribution in [2.75, 3.05) is 13.2 Å². The highest BCUT2D eigenvalue weighted by Gasteiger charge is 2.30. The molecule has 0 unspecified atom stereocenters. The SMILES string of the molecule is CCCO[Si](CCc1cccc(C(F)(F)F)c1)OCCC. The summed E-state index contributed by atoms with van der Waals surface area (Å²) in [6.07, 6.45) is -1.92. The molecule has 0 spiro atoms. The maximum Gasteiger partial charge on any atom is 0.416 e. The van der Waals surface area contributed by atoms with Crippen LogP contribution < -0.4 is 0 Å². The van der Waals surface area contributed by atoms with E-state index in [4.69, 9.17) is 8.85 Å². The maximum absolute atomic E-state index is 12.7. The van der Waals surface area contributed by atoms with Crippen LogP contribution in [0.5, 0.6) is 0 Å². The largest absolute Gasteiger partial charge is 0.416 e. The Morgan fingerprint density at radius 1 is 1.05 bits per heavy atom. The number of benzene rings is 1. The Morgan fingerprint density at radius 2 is 1.67 bits per heavy atom. The molecule has 0 bridgehead atoms. The lowest BCUT2D eigenvalue weighted by Gasteiger charge is -2.15. The molecule has 0 aliphatic rings. The van der Waals surface area contributed by atoms with Crippen LogP contribution in [0.25, 0.3) is 0 Å². The molecule has 1 radical (unpaired) electrons. The molecule has 0 saturated carbocycles. The summed E-state index contributed by atoms with van der Waals surface area (Å²) >= 11 is 0. The summed E-state index contributed by atoms with van der Waals surface area (Å²) < 4.78 is 49.3. The summed E-state index contributed by atoms with van der Waals surface area (Å²) in [6.45, 7) is 5.32. The molecule has 1 aromatic carbocycles. The van der Waals surface area contributed by atoms with E-state index in [0.29, 0.717) is 31.2 Å². The van der Waals surface area contributed by atoms with Gasteiger partial charge < -0.3 is 8.85 Å². The topological polar surface area (TPSA) is 18.5 Å². The van der Waals surface area contributed by atoms with Crippen molar-refractivity contribution in [3.8, 4) is 0 Å². The number of rotatable bonds is 9. The van der Waals surface area contributed by atoms with Gasteiger partial charge in [-0.15, -0.1) is 0 Å². The van der Waals surface area contributed by atoms with E-state index in [1.807, 2.05) is 13.8 Å². The highest BCUT2D eigenvalue weighted by atomic mass is 28.3. The van der Waals surface area contributed by atoms with Crippen molar-refractivity contribution in [2.45, 2.75) is 45.3 Å². The van der Waals surface area contributed by atoms with Crippen LogP contribution in [-0.4, -0.2) is 22.5 Å². The van der Waals surface area contributed by atoms with Gasteiger partial charge in [0.25, 0.3) is 0 Å². The predicted octanol–water partition coefficient (Wildman–Crippen LogP) is 4.59. The second-order valence-electron chi connectivity index (χ2n) is 4.77. The van der Waals surface area contributed by atoms with E-state index < -0.39 is 21.0 Å². The molecule has 0 aliphatic carbocycles. The van der Waals surface area contributed by atoms with Crippen molar-refractivity contribution < 1.29 is 22.0 Å². The standard InChI is InChI=1S/C15H22F3O2Si/c1-3-9-19-21(20-10-4-2)11-8-13-6-5-7-14(12-13)15(16,17)18/h5-7,12H,3-4,8-11H2,1-2H3. The minimum atomic E-state index is -4.29. The molecule has 0 aliphatic heterocycles. The van der Waals surface area contributed by atoms with Crippen LogP contribution in [0.1, 0.15) is 37.8 Å². The van der Waals surface area contributed by atoms with Gasteiger partial charge in [-0.25, -0.2) is 0 Å². The zero-order valence-electron chi connectivity index (χ0n) is 12.5. The van der Waals surface area contributed by atoms with Crippen molar-refractivity contribution in [1.82, 2.24) is 0 Å². The van der Waals surface area contributed by atoms with Gasteiger partial charge in [0.1, 0.15) is 0 Å². The van der Waals surface area contributed by atoms with Gasteiger partial charge in [0, 0.05) is 13.2 Å². The summed E-state index contributed by atoms with van der Waals surface area (Å²) in [5.41, 5.74) is 0.0743. The molecule has 1 aromatic rings. The predicted molar refractivity (Wildman–Crippen MR) is 78.2 cm³/mol. The van der Waals surface area contributed by atoms with E-state index in [-0.39, 0.29) is 0 Å². The Hall–Kier alpha value is -0.853. The first-order chi connectivity index (χ1) is 9.97. The van der Waals surface area contributed by atoms with Crippen LogP contribution in [0.3, 0.4) is 0 Å². The Labute approximate surface area is 126 Å². The van der Waals surface area contributed by atoms with Crippen LogP contribution in [0.15, 0.2) is 24.3 Å². The summed E-state index contributed by atoms with van der Waals surface area (Å²) in [7, 11) is -1.40. The number of halogens is 3. The molecule has 0 fully saturated rings. The Balaban J connectivity index is 2.58. The fraction of sp³-hybridized carbons (Fsp3) is 0.600. The maximum atomic E-state index is 12.7. The molecule has 1 rings (SSSR count). The molecule has 6 heteroatoms. The van der Waals surface area contributed by atoms with E-state index >= 15 is 0 Å². The first-order valence-corrected chi connectivity index (χ1v) is 8.77. The first kappa shape index (κ1) is 18.2. The smallest absolute Gasteiger partial charge is 0.393 e. The first-order valence-electron chi connectivity index (χ1n) is 7.25. The molecule has 0 atom stereocenters. The lowest BCUT2D eigenvalue weighted by atomic mass is 10.1. The lowest BCUT2D eigenvalue weighted by Crippen LogP contribution is -2.24. The van der Waals surface area contributed by atoms with Gasteiger partial charge in [0.2, 0.25) is 0 Å². The van der Waals surface area contributed by atoms with Crippen molar-refractivity contribution >= 4 is 9.28 Å². The molecule has 0 heterocycles. The molecule has 0 N–H and O–H groups in total. The number of hydrogen-bond acceptors (Lipinski definition) is 2. The fourth-order valence-corrected chi connectivity index (χ4v) is 3.50. The van der Waals surface area contributed by atoms with Crippen molar-refractivity contribution in [3.05, 3.63) is 35.4 Å². The quantitative estimate of drug-likeness (QED) is 0.620. The average Bonchev–Trinajstić information content (AvgIpc) is 2.46. The molecule has 0 aromatic heterocycles. The van der Waals surface area contributed by atoms with Crippen LogP contribution in [-0.2, 0) is 21.4 Å². The molecular weight excluding hydrogens is 297 g/mol. The average molecular weight is 319 g/mol. The minimum Gasteiger partial charge on any atom is -0.393 e.